The first-order valence-corrected chi connectivity index (χ1v) is 7.67. The van der Waals surface area contributed by atoms with Crippen LogP contribution in [0.1, 0.15) is 12.0 Å². The molecule has 2 rings (SSSR count). The average Bonchev–Trinajstić information content (AvgIpc) is 2.54. The second-order valence-electron chi connectivity index (χ2n) is 4.50. The van der Waals surface area contributed by atoms with Crippen LogP contribution < -0.4 is 11.1 Å². The number of carbonyl (C=O) groups excluding carboxylic acids is 1. The molecule has 0 bridgehead atoms. The van der Waals surface area contributed by atoms with Crippen molar-refractivity contribution in [3.63, 3.8) is 0 Å². The molecule has 3 N–H and O–H groups in total. The zero-order chi connectivity index (χ0) is 13.9. The lowest BCUT2D eigenvalue weighted by Gasteiger charge is -2.19. The first-order valence-electron chi connectivity index (χ1n) is 6.06. The molecule has 1 aromatic carbocycles. The Morgan fingerprint density at radius 2 is 2.11 bits per heavy atom. The highest BCUT2D eigenvalue weighted by molar-refractivity contribution is 7.88. The Labute approximate surface area is 112 Å². The number of nitrogens with zero attached hydrogens (tertiary/aromatic N) is 1. The summed E-state index contributed by atoms with van der Waals surface area (Å²) < 4.78 is 25.9. The standard InChI is InChI=1S/C12H17N3O3S/c13-11-3-1-2-10(8-11)9-19(17,18)15-6-4-12(16)14-5-7-15/h1-3,8H,4-7,9,13H2,(H,14,16). The van der Waals surface area contributed by atoms with Crippen LogP contribution in [0.3, 0.4) is 0 Å². The summed E-state index contributed by atoms with van der Waals surface area (Å²) in [4.78, 5) is 11.2. The third-order valence-electron chi connectivity index (χ3n) is 2.97. The fraction of sp³-hybridized carbons (Fsp3) is 0.417. The minimum absolute atomic E-state index is 0.0910. The minimum Gasteiger partial charge on any atom is -0.399 e. The Balaban J connectivity index is 2.11. The number of nitrogens with two attached hydrogens (primary N) is 1. The molecule has 1 aliphatic rings. The van der Waals surface area contributed by atoms with E-state index in [4.69, 9.17) is 5.73 Å². The van der Waals surface area contributed by atoms with Crippen molar-refractivity contribution in [2.75, 3.05) is 25.4 Å². The van der Waals surface area contributed by atoms with Crippen molar-refractivity contribution in [2.24, 2.45) is 0 Å². The van der Waals surface area contributed by atoms with Gasteiger partial charge in [-0.05, 0) is 17.7 Å². The van der Waals surface area contributed by atoms with Gasteiger partial charge in [0.2, 0.25) is 15.9 Å². The molecule has 0 atom stereocenters. The van der Waals surface area contributed by atoms with E-state index in [1.807, 2.05) is 0 Å². The van der Waals surface area contributed by atoms with Crippen molar-refractivity contribution >= 4 is 21.6 Å². The SMILES string of the molecule is Nc1cccc(CS(=O)(=O)N2CCNC(=O)CC2)c1. The molecule has 19 heavy (non-hydrogen) atoms. The van der Waals surface area contributed by atoms with Gasteiger partial charge in [-0.1, -0.05) is 12.1 Å². The maximum atomic E-state index is 12.3. The first-order chi connectivity index (χ1) is 8.97. The van der Waals surface area contributed by atoms with E-state index >= 15 is 0 Å². The molecule has 1 aromatic rings. The van der Waals surface area contributed by atoms with E-state index in [0.29, 0.717) is 24.3 Å². The predicted molar refractivity (Wildman–Crippen MR) is 72.7 cm³/mol. The number of sulfonamides is 1. The summed E-state index contributed by atoms with van der Waals surface area (Å²) >= 11 is 0. The smallest absolute Gasteiger partial charge is 0.221 e. The number of nitrogens with one attached hydrogen (secondary N) is 1. The number of hydrogen-bond acceptors (Lipinski definition) is 4. The summed E-state index contributed by atoms with van der Waals surface area (Å²) in [6, 6.07) is 6.83. The molecule has 7 heteroatoms. The molecule has 1 aliphatic heterocycles. The van der Waals surface area contributed by atoms with Crippen molar-refractivity contribution in [3.8, 4) is 0 Å². The van der Waals surface area contributed by atoms with E-state index in [9.17, 15) is 13.2 Å². The van der Waals surface area contributed by atoms with Gasteiger partial charge in [-0.25, -0.2) is 8.42 Å². The molecule has 0 unspecified atom stereocenters. The summed E-state index contributed by atoms with van der Waals surface area (Å²) in [5, 5.41) is 2.65. The van der Waals surface area contributed by atoms with E-state index < -0.39 is 10.0 Å². The summed E-state index contributed by atoms with van der Waals surface area (Å²) in [7, 11) is -3.41. The lowest BCUT2D eigenvalue weighted by molar-refractivity contribution is -0.120. The van der Waals surface area contributed by atoms with Crippen LogP contribution in [0.5, 0.6) is 0 Å². The van der Waals surface area contributed by atoms with Gasteiger partial charge >= 0.3 is 0 Å². The quantitative estimate of drug-likeness (QED) is 0.759. The molecular formula is C12H17N3O3S. The maximum absolute atomic E-state index is 12.3. The van der Waals surface area contributed by atoms with Gasteiger partial charge in [0.25, 0.3) is 0 Å². The Bertz CT molecular complexity index is 571. The van der Waals surface area contributed by atoms with Crippen LogP contribution >= 0.6 is 0 Å². The van der Waals surface area contributed by atoms with Crippen molar-refractivity contribution in [2.45, 2.75) is 12.2 Å². The van der Waals surface area contributed by atoms with E-state index in [1.54, 1.807) is 24.3 Å². The van der Waals surface area contributed by atoms with Gasteiger partial charge < -0.3 is 11.1 Å². The average molecular weight is 283 g/mol. The fourth-order valence-corrected chi connectivity index (χ4v) is 3.53. The van der Waals surface area contributed by atoms with E-state index in [-0.39, 0.29) is 24.6 Å². The van der Waals surface area contributed by atoms with Crippen molar-refractivity contribution < 1.29 is 13.2 Å². The monoisotopic (exact) mass is 283 g/mol. The summed E-state index contributed by atoms with van der Waals surface area (Å²) in [5.41, 5.74) is 6.83. The molecule has 6 nitrogen and oxygen atoms in total. The third kappa shape index (κ3) is 3.68. The van der Waals surface area contributed by atoms with Crippen LogP contribution in [0.2, 0.25) is 0 Å². The maximum Gasteiger partial charge on any atom is 0.221 e. The molecule has 0 aliphatic carbocycles. The molecule has 1 amide bonds. The van der Waals surface area contributed by atoms with E-state index in [2.05, 4.69) is 5.32 Å². The van der Waals surface area contributed by atoms with E-state index in [0.717, 1.165) is 0 Å². The van der Waals surface area contributed by atoms with Gasteiger partial charge in [0.15, 0.2) is 0 Å². The zero-order valence-electron chi connectivity index (χ0n) is 10.5. The Morgan fingerprint density at radius 3 is 2.84 bits per heavy atom. The van der Waals surface area contributed by atoms with Crippen LogP contribution in [0, 0.1) is 0 Å². The van der Waals surface area contributed by atoms with Crippen LogP contribution in [0.4, 0.5) is 5.69 Å². The third-order valence-corrected chi connectivity index (χ3v) is 4.82. The van der Waals surface area contributed by atoms with Crippen LogP contribution in [0.25, 0.3) is 0 Å². The highest BCUT2D eigenvalue weighted by atomic mass is 32.2. The normalized spacial score (nSPS) is 17.8. The number of hydrogen-bond donors (Lipinski definition) is 2. The molecule has 104 valence electrons. The topological polar surface area (TPSA) is 92.5 Å². The summed E-state index contributed by atoms with van der Waals surface area (Å²) in [5.74, 6) is -0.201. The second kappa shape index (κ2) is 5.58. The van der Waals surface area contributed by atoms with Gasteiger partial charge in [-0.15, -0.1) is 0 Å². The first kappa shape index (κ1) is 13.8. The second-order valence-corrected chi connectivity index (χ2v) is 6.47. The van der Waals surface area contributed by atoms with Gasteiger partial charge in [-0.3, -0.25) is 4.79 Å². The molecule has 1 heterocycles. The fourth-order valence-electron chi connectivity index (χ4n) is 2.01. The molecule has 0 saturated carbocycles. The van der Waals surface area contributed by atoms with Gasteiger partial charge in [-0.2, -0.15) is 4.31 Å². The highest BCUT2D eigenvalue weighted by Crippen LogP contribution is 2.14. The number of benzene rings is 1. The molecule has 0 aromatic heterocycles. The number of carbonyl (C=O) groups is 1. The summed E-state index contributed by atoms with van der Waals surface area (Å²) in [6.45, 7) is 0.905. The summed E-state index contributed by atoms with van der Waals surface area (Å²) in [6.07, 6.45) is 0.205. The number of nitrogen functional groups attached to an aromatic ring is 1. The van der Waals surface area contributed by atoms with Crippen molar-refractivity contribution in [3.05, 3.63) is 29.8 Å². The number of rotatable bonds is 3. The van der Waals surface area contributed by atoms with Crippen LogP contribution in [-0.4, -0.2) is 38.3 Å². The minimum atomic E-state index is -3.41. The Hall–Kier alpha value is -1.60. The van der Waals surface area contributed by atoms with Gasteiger partial charge in [0.05, 0.1) is 5.75 Å². The zero-order valence-corrected chi connectivity index (χ0v) is 11.3. The highest BCUT2D eigenvalue weighted by Gasteiger charge is 2.25. The lowest BCUT2D eigenvalue weighted by Crippen LogP contribution is -2.35. The predicted octanol–water partition coefficient (Wildman–Crippen LogP) is -0.0795. The largest absolute Gasteiger partial charge is 0.399 e. The van der Waals surface area contributed by atoms with Gasteiger partial charge in [0, 0.05) is 31.7 Å². The number of anilines is 1. The van der Waals surface area contributed by atoms with Crippen LogP contribution in [-0.2, 0) is 20.6 Å². The Kier molecular flexibility index (Phi) is 4.06. The van der Waals surface area contributed by atoms with Gasteiger partial charge in [0.1, 0.15) is 0 Å². The molecule has 1 fully saturated rings. The van der Waals surface area contributed by atoms with Crippen molar-refractivity contribution in [1.29, 1.82) is 0 Å². The number of amides is 1. The molecule has 0 spiro atoms. The molecule has 0 radical (unpaired) electrons. The lowest BCUT2D eigenvalue weighted by atomic mass is 10.2. The molecular weight excluding hydrogens is 266 g/mol. The van der Waals surface area contributed by atoms with Crippen LogP contribution in [0.15, 0.2) is 24.3 Å². The molecule has 1 saturated heterocycles. The van der Waals surface area contributed by atoms with Crippen molar-refractivity contribution in [1.82, 2.24) is 9.62 Å². The Morgan fingerprint density at radius 1 is 1.32 bits per heavy atom. The van der Waals surface area contributed by atoms with E-state index in [1.165, 1.54) is 4.31 Å².